The lowest BCUT2D eigenvalue weighted by Gasteiger charge is -2.06. The van der Waals surface area contributed by atoms with Crippen LogP contribution in [-0.4, -0.2) is 17.4 Å². The van der Waals surface area contributed by atoms with E-state index >= 15 is 0 Å². The second kappa shape index (κ2) is 6.16. The highest BCUT2D eigenvalue weighted by atomic mass is 32.1. The molecule has 0 saturated heterocycles. The van der Waals surface area contributed by atoms with Gasteiger partial charge in [0.15, 0.2) is 5.13 Å². The fourth-order valence-corrected chi connectivity index (χ4v) is 1.96. The first kappa shape index (κ1) is 12.6. The summed E-state index contributed by atoms with van der Waals surface area (Å²) >= 11 is 1.48. The first-order valence-electron chi connectivity index (χ1n) is 5.69. The molecule has 0 bridgehead atoms. The van der Waals surface area contributed by atoms with Gasteiger partial charge in [-0.1, -0.05) is 29.8 Å². The van der Waals surface area contributed by atoms with Crippen molar-refractivity contribution in [3.8, 4) is 0 Å². The molecule has 18 heavy (non-hydrogen) atoms. The summed E-state index contributed by atoms with van der Waals surface area (Å²) < 4.78 is 0. The summed E-state index contributed by atoms with van der Waals surface area (Å²) in [6.45, 7) is 2.85. The summed E-state index contributed by atoms with van der Waals surface area (Å²) in [4.78, 5) is 15.6. The van der Waals surface area contributed by atoms with Crippen molar-refractivity contribution in [2.24, 2.45) is 0 Å². The first-order valence-corrected chi connectivity index (χ1v) is 6.57. The topological polar surface area (TPSA) is 54.0 Å². The fourth-order valence-electron chi connectivity index (χ4n) is 1.44. The summed E-state index contributed by atoms with van der Waals surface area (Å²) in [5.74, 6) is -0.0363. The monoisotopic (exact) mass is 261 g/mol. The van der Waals surface area contributed by atoms with Crippen molar-refractivity contribution in [1.82, 2.24) is 10.3 Å². The Hall–Kier alpha value is -1.88. The average Bonchev–Trinajstić information content (AvgIpc) is 2.89. The Labute approximate surface area is 110 Å². The van der Waals surface area contributed by atoms with Crippen LogP contribution in [0.15, 0.2) is 35.8 Å². The Kier molecular flexibility index (Phi) is 4.30. The Bertz CT molecular complexity index is 493. The van der Waals surface area contributed by atoms with Crippen LogP contribution < -0.4 is 10.6 Å². The molecule has 0 radical (unpaired) electrons. The van der Waals surface area contributed by atoms with Crippen LogP contribution in [0.25, 0.3) is 0 Å². The maximum atomic E-state index is 11.6. The Balaban J connectivity index is 1.73. The van der Waals surface area contributed by atoms with Gasteiger partial charge in [-0.3, -0.25) is 4.79 Å². The van der Waals surface area contributed by atoms with E-state index in [0.717, 1.165) is 10.7 Å². The second-order valence-corrected chi connectivity index (χ2v) is 4.85. The average molecular weight is 261 g/mol. The molecule has 0 fully saturated rings. The summed E-state index contributed by atoms with van der Waals surface area (Å²) in [5.41, 5.74) is 2.32. The quantitative estimate of drug-likeness (QED) is 0.867. The highest BCUT2D eigenvalue weighted by Gasteiger charge is 2.02. The van der Waals surface area contributed by atoms with E-state index in [2.05, 4.69) is 15.6 Å². The molecule has 4 nitrogen and oxygen atoms in total. The number of benzene rings is 1. The number of carbonyl (C=O) groups is 1. The number of hydrogen-bond acceptors (Lipinski definition) is 4. The highest BCUT2D eigenvalue weighted by molar-refractivity contribution is 7.13. The van der Waals surface area contributed by atoms with Gasteiger partial charge >= 0.3 is 0 Å². The third-order valence-electron chi connectivity index (χ3n) is 2.44. The van der Waals surface area contributed by atoms with Crippen LogP contribution in [0.2, 0.25) is 0 Å². The van der Waals surface area contributed by atoms with Gasteiger partial charge in [0.2, 0.25) is 5.91 Å². The third-order valence-corrected chi connectivity index (χ3v) is 3.17. The van der Waals surface area contributed by atoms with E-state index in [1.807, 2.05) is 36.6 Å². The van der Waals surface area contributed by atoms with Gasteiger partial charge in [-0.05, 0) is 12.5 Å². The molecule has 1 aromatic heterocycles. The number of amides is 1. The highest BCUT2D eigenvalue weighted by Crippen LogP contribution is 2.09. The molecule has 2 rings (SSSR count). The van der Waals surface area contributed by atoms with Crippen molar-refractivity contribution in [2.45, 2.75) is 13.5 Å². The van der Waals surface area contributed by atoms with Crippen LogP contribution in [0.1, 0.15) is 11.1 Å². The van der Waals surface area contributed by atoms with Crippen molar-refractivity contribution in [1.29, 1.82) is 0 Å². The molecule has 1 heterocycles. The van der Waals surface area contributed by atoms with Gasteiger partial charge < -0.3 is 10.6 Å². The van der Waals surface area contributed by atoms with E-state index in [0.29, 0.717) is 6.54 Å². The number of thiazole rings is 1. The van der Waals surface area contributed by atoms with E-state index in [1.165, 1.54) is 16.9 Å². The number of rotatable bonds is 5. The Morgan fingerprint density at radius 2 is 2.11 bits per heavy atom. The number of hydrogen-bond donors (Lipinski definition) is 2. The van der Waals surface area contributed by atoms with E-state index < -0.39 is 0 Å². The van der Waals surface area contributed by atoms with Crippen molar-refractivity contribution >= 4 is 22.4 Å². The molecule has 0 aliphatic heterocycles. The number of anilines is 1. The lowest BCUT2D eigenvalue weighted by Crippen LogP contribution is -2.29. The summed E-state index contributed by atoms with van der Waals surface area (Å²) in [7, 11) is 0. The fraction of sp³-hybridized carbons (Fsp3) is 0.231. The number of aryl methyl sites for hydroxylation is 1. The standard InChI is InChI=1S/C13H15N3OS/c1-10-2-4-11(5-3-10)8-15-12(17)9-16-13-14-6-7-18-13/h2-7H,8-9H2,1H3,(H,14,16)(H,15,17). The number of nitrogens with zero attached hydrogens (tertiary/aromatic N) is 1. The molecule has 0 aliphatic rings. The molecule has 2 N–H and O–H groups in total. The largest absolute Gasteiger partial charge is 0.352 e. The first-order chi connectivity index (χ1) is 8.74. The number of aromatic nitrogens is 1. The van der Waals surface area contributed by atoms with Gasteiger partial charge in [-0.25, -0.2) is 4.98 Å². The van der Waals surface area contributed by atoms with Gasteiger partial charge in [-0.15, -0.1) is 11.3 Å². The molecule has 94 valence electrons. The minimum Gasteiger partial charge on any atom is -0.352 e. The molecule has 1 aromatic carbocycles. The van der Waals surface area contributed by atoms with Crippen molar-refractivity contribution in [2.75, 3.05) is 11.9 Å². The third kappa shape index (κ3) is 3.85. The molecule has 0 spiro atoms. The predicted molar refractivity (Wildman–Crippen MR) is 73.6 cm³/mol. The van der Waals surface area contributed by atoms with Crippen molar-refractivity contribution in [3.63, 3.8) is 0 Å². The van der Waals surface area contributed by atoms with Crippen LogP contribution in [-0.2, 0) is 11.3 Å². The maximum Gasteiger partial charge on any atom is 0.239 e. The summed E-state index contributed by atoms with van der Waals surface area (Å²) in [6, 6.07) is 8.11. The summed E-state index contributed by atoms with van der Waals surface area (Å²) in [6.07, 6.45) is 1.71. The molecular weight excluding hydrogens is 246 g/mol. The number of carbonyl (C=O) groups excluding carboxylic acids is 1. The maximum absolute atomic E-state index is 11.6. The lowest BCUT2D eigenvalue weighted by molar-refractivity contribution is -0.119. The van der Waals surface area contributed by atoms with Crippen LogP contribution in [0, 0.1) is 6.92 Å². The normalized spacial score (nSPS) is 10.1. The predicted octanol–water partition coefficient (Wildman–Crippen LogP) is 2.18. The van der Waals surface area contributed by atoms with Crippen LogP contribution in [0.4, 0.5) is 5.13 Å². The zero-order chi connectivity index (χ0) is 12.8. The van der Waals surface area contributed by atoms with Gasteiger partial charge in [0.1, 0.15) is 0 Å². The second-order valence-electron chi connectivity index (χ2n) is 3.95. The van der Waals surface area contributed by atoms with E-state index in [4.69, 9.17) is 0 Å². The molecule has 0 unspecified atom stereocenters. The smallest absolute Gasteiger partial charge is 0.239 e. The van der Waals surface area contributed by atoms with Crippen LogP contribution in [0.3, 0.4) is 0 Å². The minimum atomic E-state index is -0.0363. The zero-order valence-electron chi connectivity index (χ0n) is 10.1. The SMILES string of the molecule is Cc1ccc(CNC(=O)CNc2nccs2)cc1. The van der Waals surface area contributed by atoms with Crippen molar-refractivity contribution < 1.29 is 4.79 Å². The molecule has 0 saturated carbocycles. The molecule has 0 aliphatic carbocycles. The lowest BCUT2D eigenvalue weighted by atomic mass is 10.1. The van der Waals surface area contributed by atoms with Crippen LogP contribution >= 0.6 is 11.3 Å². The molecular formula is C13H15N3OS. The van der Waals surface area contributed by atoms with Crippen molar-refractivity contribution in [3.05, 3.63) is 47.0 Å². The zero-order valence-corrected chi connectivity index (χ0v) is 11.0. The van der Waals surface area contributed by atoms with E-state index in [1.54, 1.807) is 6.20 Å². The van der Waals surface area contributed by atoms with Crippen LogP contribution in [0.5, 0.6) is 0 Å². The minimum absolute atomic E-state index is 0.0363. The van der Waals surface area contributed by atoms with Gasteiger partial charge in [0, 0.05) is 18.1 Å². The van der Waals surface area contributed by atoms with Gasteiger partial charge in [0.25, 0.3) is 0 Å². The van der Waals surface area contributed by atoms with Gasteiger partial charge in [-0.2, -0.15) is 0 Å². The van der Waals surface area contributed by atoms with E-state index in [9.17, 15) is 4.79 Å². The molecule has 2 aromatic rings. The van der Waals surface area contributed by atoms with Gasteiger partial charge in [0.05, 0.1) is 6.54 Å². The molecule has 1 amide bonds. The molecule has 5 heteroatoms. The Morgan fingerprint density at radius 1 is 1.33 bits per heavy atom. The molecule has 0 atom stereocenters. The Morgan fingerprint density at radius 3 is 2.78 bits per heavy atom. The van der Waals surface area contributed by atoms with E-state index in [-0.39, 0.29) is 12.5 Å². The number of nitrogens with one attached hydrogen (secondary N) is 2. The summed E-state index contributed by atoms with van der Waals surface area (Å²) in [5, 5.41) is 8.45.